The molecule has 2 rings (SSSR count). The normalized spacial score (nSPS) is 26.6. The van der Waals surface area contributed by atoms with E-state index in [9.17, 15) is 0 Å². The standard InChI is InChI=1S/C18H30N2/c1-4-6-15-7-8-16(12-19-5-2)17(11-15)18-13-20-10-9-14(18)3/h9-10,13,15-17,19H,4-8,11-12H2,1-3H3. The molecule has 1 fully saturated rings. The van der Waals surface area contributed by atoms with E-state index in [1.54, 1.807) is 0 Å². The molecule has 0 bridgehead atoms. The second-order valence-corrected chi connectivity index (χ2v) is 6.37. The molecule has 1 aromatic heterocycles. The highest BCUT2D eigenvalue weighted by atomic mass is 14.8. The maximum atomic E-state index is 4.39. The molecule has 20 heavy (non-hydrogen) atoms. The van der Waals surface area contributed by atoms with Crippen LogP contribution in [0, 0.1) is 18.8 Å². The molecule has 3 atom stereocenters. The average molecular weight is 274 g/mol. The molecule has 1 N–H and O–H groups in total. The van der Waals surface area contributed by atoms with Gasteiger partial charge in [-0.1, -0.05) is 33.1 Å². The van der Waals surface area contributed by atoms with Crippen molar-refractivity contribution in [3.63, 3.8) is 0 Å². The highest BCUT2D eigenvalue weighted by molar-refractivity contribution is 5.27. The summed E-state index contributed by atoms with van der Waals surface area (Å²) in [5, 5.41) is 3.56. The Kier molecular flexibility index (Phi) is 6.03. The minimum absolute atomic E-state index is 0.702. The first kappa shape index (κ1) is 15.5. The van der Waals surface area contributed by atoms with E-state index < -0.39 is 0 Å². The summed E-state index contributed by atoms with van der Waals surface area (Å²) >= 11 is 0. The molecule has 1 aromatic rings. The Morgan fingerprint density at radius 1 is 1.30 bits per heavy atom. The van der Waals surface area contributed by atoms with E-state index >= 15 is 0 Å². The van der Waals surface area contributed by atoms with E-state index in [1.165, 1.54) is 43.2 Å². The Balaban J connectivity index is 2.14. The van der Waals surface area contributed by atoms with Gasteiger partial charge in [0.2, 0.25) is 0 Å². The summed E-state index contributed by atoms with van der Waals surface area (Å²) < 4.78 is 0. The van der Waals surface area contributed by atoms with Crippen molar-refractivity contribution in [2.45, 2.75) is 58.8 Å². The molecule has 0 saturated heterocycles. The van der Waals surface area contributed by atoms with Crippen LogP contribution in [-0.2, 0) is 0 Å². The molecule has 1 heterocycles. The summed E-state index contributed by atoms with van der Waals surface area (Å²) in [5.74, 6) is 2.40. The Hall–Kier alpha value is -0.890. The first-order valence-electron chi connectivity index (χ1n) is 8.37. The maximum absolute atomic E-state index is 4.39. The van der Waals surface area contributed by atoms with Crippen LogP contribution in [0.5, 0.6) is 0 Å². The van der Waals surface area contributed by atoms with Crippen LogP contribution in [0.25, 0.3) is 0 Å². The predicted molar refractivity (Wildman–Crippen MR) is 86.0 cm³/mol. The quantitative estimate of drug-likeness (QED) is 0.836. The second kappa shape index (κ2) is 7.78. The summed E-state index contributed by atoms with van der Waals surface area (Å²) in [6.07, 6.45) is 10.9. The zero-order valence-electron chi connectivity index (χ0n) is 13.4. The van der Waals surface area contributed by atoms with Gasteiger partial charge in [-0.2, -0.15) is 0 Å². The minimum Gasteiger partial charge on any atom is -0.317 e. The lowest BCUT2D eigenvalue weighted by Gasteiger charge is -2.37. The lowest BCUT2D eigenvalue weighted by Crippen LogP contribution is -2.32. The zero-order chi connectivity index (χ0) is 14.4. The van der Waals surface area contributed by atoms with Gasteiger partial charge >= 0.3 is 0 Å². The highest BCUT2D eigenvalue weighted by Gasteiger charge is 2.31. The highest BCUT2D eigenvalue weighted by Crippen LogP contribution is 2.42. The van der Waals surface area contributed by atoms with Gasteiger partial charge in [0.1, 0.15) is 0 Å². The van der Waals surface area contributed by atoms with Gasteiger partial charge in [0.25, 0.3) is 0 Å². The topological polar surface area (TPSA) is 24.9 Å². The summed E-state index contributed by atoms with van der Waals surface area (Å²) in [6, 6.07) is 2.17. The van der Waals surface area contributed by atoms with Crippen molar-refractivity contribution in [1.29, 1.82) is 0 Å². The number of aromatic nitrogens is 1. The average Bonchev–Trinajstić information content (AvgIpc) is 2.47. The van der Waals surface area contributed by atoms with Crippen LogP contribution in [0.2, 0.25) is 0 Å². The molecular formula is C18H30N2. The summed E-state index contributed by atoms with van der Waals surface area (Å²) in [5.41, 5.74) is 2.92. The van der Waals surface area contributed by atoms with Crippen molar-refractivity contribution in [2.24, 2.45) is 11.8 Å². The number of nitrogens with one attached hydrogen (secondary N) is 1. The number of hydrogen-bond donors (Lipinski definition) is 1. The first-order chi connectivity index (χ1) is 9.76. The van der Waals surface area contributed by atoms with Crippen LogP contribution in [0.3, 0.4) is 0 Å². The molecule has 0 amide bonds. The van der Waals surface area contributed by atoms with Gasteiger partial charge in [-0.25, -0.2) is 0 Å². The second-order valence-electron chi connectivity index (χ2n) is 6.37. The Labute approximate surface area is 124 Å². The summed E-state index contributed by atoms with van der Waals surface area (Å²) in [7, 11) is 0. The van der Waals surface area contributed by atoms with E-state index in [4.69, 9.17) is 0 Å². The number of aryl methyl sites for hydroxylation is 1. The van der Waals surface area contributed by atoms with Gasteiger partial charge in [-0.05, 0) is 67.8 Å². The maximum Gasteiger partial charge on any atom is 0.0305 e. The van der Waals surface area contributed by atoms with Crippen LogP contribution in [0.1, 0.15) is 63.0 Å². The van der Waals surface area contributed by atoms with Gasteiger partial charge in [0.15, 0.2) is 0 Å². The molecule has 1 aliphatic carbocycles. The van der Waals surface area contributed by atoms with Crippen molar-refractivity contribution in [1.82, 2.24) is 10.3 Å². The van der Waals surface area contributed by atoms with Crippen molar-refractivity contribution in [3.8, 4) is 0 Å². The molecule has 112 valence electrons. The van der Waals surface area contributed by atoms with Gasteiger partial charge in [0.05, 0.1) is 0 Å². The molecule has 1 aliphatic rings. The molecule has 2 nitrogen and oxygen atoms in total. The van der Waals surface area contributed by atoms with Gasteiger partial charge < -0.3 is 5.32 Å². The van der Waals surface area contributed by atoms with Crippen molar-refractivity contribution in [2.75, 3.05) is 13.1 Å². The fraction of sp³-hybridized carbons (Fsp3) is 0.722. The van der Waals surface area contributed by atoms with E-state index in [1.807, 2.05) is 6.20 Å². The van der Waals surface area contributed by atoms with Gasteiger partial charge in [-0.15, -0.1) is 0 Å². The number of nitrogens with zero attached hydrogens (tertiary/aromatic N) is 1. The predicted octanol–water partition coefficient (Wildman–Crippen LogP) is 4.30. The van der Waals surface area contributed by atoms with E-state index in [0.29, 0.717) is 5.92 Å². The minimum atomic E-state index is 0.702. The molecule has 1 saturated carbocycles. The van der Waals surface area contributed by atoms with E-state index in [-0.39, 0.29) is 0 Å². The van der Waals surface area contributed by atoms with Crippen molar-refractivity contribution >= 4 is 0 Å². The number of hydrogen-bond acceptors (Lipinski definition) is 2. The Morgan fingerprint density at radius 3 is 2.85 bits per heavy atom. The Bertz CT molecular complexity index is 402. The van der Waals surface area contributed by atoms with Crippen LogP contribution in [0.4, 0.5) is 0 Å². The van der Waals surface area contributed by atoms with Gasteiger partial charge in [-0.3, -0.25) is 4.98 Å². The molecule has 2 heteroatoms. The zero-order valence-corrected chi connectivity index (χ0v) is 13.4. The third kappa shape index (κ3) is 3.82. The first-order valence-corrected chi connectivity index (χ1v) is 8.37. The summed E-state index contributed by atoms with van der Waals surface area (Å²) in [6.45, 7) is 8.99. The molecule has 0 aliphatic heterocycles. The van der Waals surface area contributed by atoms with E-state index in [0.717, 1.165) is 24.9 Å². The lowest BCUT2D eigenvalue weighted by atomic mass is 9.69. The molecule has 0 aromatic carbocycles. The smallest absolute Gasteiger partial charge is 0.0305 e. The monoisotopic (exact) mass is 274 g/mol. The van der Waals surface area contributed by atoms with E-state index in [2.05, 4.69) is 43.3 Å². The molecule has 3 unspecified atom stereocenters. The van der Waals surface area contributed by atoms with Gasteiger partial charge in [0, 0.05) is 12.4 Å². The van der Waals surface area contributed by atoms with Crippen LogP contribution < -0.4 is 5.32 Å². The Morgan fingerprint density at radius 2 is 2.15 bits per heavy atom. The molecule has 0 spiro atoms. The fourth-order valence-electron chi connectivity index (χ4n) is 3.81. The van der Waals surface area contributed by atoms with Crippen LogP contribution >= 0.6 is 0 Å². The van der Waals surface area contributed by atoms with Crippen molar-refractivity contribution < 1.29 is 0 Å². The fourth-order valence-corrected chi connectivity index (χ4v) is 3.81. The number of rotatable bonds is 6. The van der Waals surface area contributed by atoms with Crippen LogP contribution in [0.15, 0.2) is 18.5 Å². The van der Waals surface area contributed by atoms with Crippen LogP contribution in [-0.4, -0.2) is 18.1 Å². The number of pyridine rings is 1. The third-order valence-corrected chi connectivity index (χ3v) is 4.93. The SMILES string of the molecule is CCCC1CCC(CNCC)C(c2cnccc2C)C1. The summed E-state index contributed by atoms with van der Waals surface area (Å²) in [4.78, 5) is 4.39. The molecule has 0 radical (unpaired) electrons. The third-order valence-electron chi connectivity index (χ3n) is 4.93. The lowest BCUT2D eigenvalue weighted by molar-refractivity contribution is 0.220. The van der Waals surface area contributed by atoms with Crippen molar-refractivity contribution in [3.05, 3.63) is 29.6 Å². The largest absolute Gasteiger partial charge is 0.317 e. The molecular weight excluding hydrogens is 244 g/mol.